The van der Waals surface area contributed by atoms with Crippen molar-refractivity contribution in [2.24, 2.45) is 0 Å². The third-order valence-corrected chi connectivity index (χ3v) is 3.23. The molecule has 4 nitrogen and oxygen atoms in total. The number of carbonyl (C=O) groups excluding carboxylic acids is 2. The molecule has 0 saturated carbocycles. The summed E-state index contributed by atoms with van der Waals surface area (Å²) in [6, 6.07) is 0.350. The fourth-order valence-corrected chi connectivity index (χ4v) is 2.20. The van der Waals surface area contributed by atoms with Gasteiger partial charge in [-0.05, 0) is 25.7 Å². The lowest BCUT2D eigenvalue weighted by Gasteiger charge is -2.15. The van der Waals surface area contributed by atoms with Gasteiger partial charge in [0, 0.05) is 18.9 Å². The molecule has 0 bridgehead atoms. The SMILES string of the molecule is COC(=O)CCCCCC1CCCCC(=O)N1. The average molecular weight is 241 g/mol. The highest BCUT2D eigenvalue weighted by Crippen LogP contribution is 2.15. The Labute approximate surface area is 103 Å². The molecule has 98 valence electrons. The maximum Gasteiger partial charge on any atom is 0.305 e. The monoisotopic (exact) mass is 241 g/mol. The highest BCUT2D eigenvalue weighted by atomic mass is 16.5. The van der Waals surface area contributed by atoms with Crippen LogP contribution in [0.15, 0.2) is 0 Å². The predicted molar refractivity (Wildman–Crippen MR) is 65.5 cm³/mol. The van der Waals surface area contributed by atoms with E-state index in [4.69, 9.17) is 0 Å². The Balaban J connectivity index is 2.05. The summed E-state index contributed by atoms with van der Waals surface area (Å²) < 4.78 is 4.58. The number of methoxy groups -OCH3 is 1. The van der Waals surface area contributed by atoms with Crippen LogP contribution in [0.25, 0.3) is 0 Å². The van der Waals surface area contributed by atoms with Crippen molar-refractivity contribution < 1.29 is 14.3 Å². The number of carbonyl (C=O) groups is 2. The number of ether oxygens (including phenoxy) is 1. The highest BCUT2D eigenvalue weighted by Gasteiger charge is 2.15. The third kappa shape index (κ3) is 6.29. The third-order valence-electron chi connectivity index (χ3n) is 3.23. The molecule has 0 aromatic carbocycles. The minimum atomic E-state index is -0.132. The summed E-state index contributed by atoms with van der Waals surface area (Å²) >= 11 is 0. The molecule has 1 fully saturated rings. The molecule has 1 aliphatic heterocycles. The highest BCUT2D eigenvalue weighted by molar-refractivity contribution is 5.76. The van der Waals surface area contributed by atoms with Crippen molar-refractivity contribution in [1.82, 2.24) is 5.32 Å². The quantitative estimate of drug-likeness (QED) is 0.572. The van der Waals surface area contributed by atoms with Crippen LogP contribution in [0.4, 0.5) is 0 Å². The van der Waals surface area contributed by atoms with Crippen molar-refractivity contribution in [1.29, 1.82) is 0 Å². The summed E-state index contributed by atoms with van der Waals surface area (Å²) in [5, 5.41) is 3.06. The van der Waals surface area contributed by atoms with Gasteiger partial charge in [-0.1, -0.05) is 19.3 Å². The summed E-state index contributed by atoms with van der Waals surface area (Å²) in [5.41, 5.74) is 0. The van der Waals surface area contributed by atoms with Gasteiger partial charge in [0.1, 0.15) is 0 Å². The summed E-state index contributed by atoms with van der Waals surface area (Å²) in [4.78, 5) is 22.2. The van der Waals surface area contributed by atoms with Crippen molar-refractivity contribution in [2.75, 3.05) is 7.11 Å². The Morgan fingerprint density at radius 2 is 2.18 bits per heavy atom. The molecule has 1 rings (SSSR count). The topological polar surface area (TPSA) is 55.4 Å². The molecule has 1 amide bonds. The molecule has 0 spiro atoms. The second kappa shape index (κ2) is 8.09. The molecule has 1 N–H and O–H groups in total. The molecular formula is C13H23NO3. The standard InChI is InChI=1S/C13H23NO3/c1-17-13(16)10-4-2-3-7-11-8-5-6-9-12(15)14-11/h11H,2-10H2,1H3,(H,14,15). The van der Waals surface area contributed by atoms with E-state index < -0.39 is 0 Å². The molecule has 17 heavy (non-hydrogen) atoms. The second-order valence-corrected chi connectivity index (χ2v) is 4.69. The molecule has 1 unspecified atom stereocenters. The van der Waals surface area contributed by atoms with E-state index in [0.717, 1.165) is 44.9 Å². The van der Waals surface area contributed by atoms with Gasteiger partial charge in [0.25, 0.3) is 0 Å². The van der Waals surface area contributed by atoms with Gasteiger partial charge < -0.3 is 10.1 Å². The van der Waals surface area contributed by atoms with Crippen LogP contribution >= 0.6 is 0 Å². The van der Waals surface area contributed by atoms with Crippen LogP contribution in [-0.4, -0.2) is 25.0 Å². The zero-order valence-corrected chi connectivity index (χ0v) is 10.7. The van der Waals surface area contributed by atoms with Crippen LogP contribution in [0.2, 0.25) is 0 Å². The summed E-state index contributed by atoms with van der Waals surface area (Å²) in [7, 11) is 1.42. The van der Waals surface area contributed by atoms with Crippen LogP contribution in [-0.2, 0) is 14.3 Å². The number of rotatable bonds is 6. The Bertz CT molecular complexity index is 253. The molecule has 0 aliphatic carbocycles. The number of hydrogen-bond donors (Lipinski definition) is 1. The first-order valence-electron chi connectivity index (χ1n) is 6.58. The van der Waals surface area contributed by atoms with Gasteiger partial charge in [-0.15, -0.1) is 0 Å². The average Bonchev–Trinajstić information content (AvgIpc) is 2.53. The first-order chi connectivity index (χ1) is 8.22. The summed E-state index contributed by atoms with van der Waals surface area (Å²) in [6.45, 7) is 0. The van der Waals surface area contributed by atoms with Crippen molar-refractivity contribution in [3.63, 3.8) is 0 Å². The number of hydrogen-bond acceptors (Lipinski definition) is 3. The van der Waals surface area contributed by atoms with Crippen LogP contribution in [0.3, 0.4) is 0 Å². The summed E-state index contributed by atoms with van der Waals surface area (Å²) in [5.74, 6) is 0.0647. The van der Waals surface area contributed by atoms with E-state index in [0.29, 0.717) is 18.9 Å². The van der Waals surface area contributed by atoms with E-state index in [-0.39, 0.29) is 11.9 Å². The number of nitrogens with one attached hydrogen (secondary N) is 1. The van der Waals surface area contributed by atoms with Crippen LogP contribution in [0, 0.1) is 0 Å². The molecule has 1 atom stereocenters. The van der Waals surface area contributed by atoms with Crippen LogP contribution in [0.1, 0.15) is 57.8 Å². The lowest BCUT2D eigenvalue weighted by molar-refractivity contribution is -0.140. The smallest absolute Gasteiger partial charge is 0.305 e. The van der Waals surface area contributed by atoms with Gasteiger partial charge in [-0.2, -0.15) is 0 Å². The number of amides is 1. The number of unbranched alkanes of at least 4 members (excludes halogenated alkanes) is 2. The maximum absolute atomic E-state index is 11.3. The number of esters is 1. The van der Waals surface area contributed by atoms with Gasteiger partial charge in [-0.3, -0.25) is 9.59 Å². The first kappa shape index (κ1) is 14.0. The van der Waals surface area contributed by atoms with Crippen molar-refractivity contribution in [2.45, 2.75) is 63.8 Å². The molecule has 0 radical (unpaired) electrons. The van der Waals surface area contributed by atoms with E-state index in [2.05, 4.69) is 10.1 Å². The van der Waals surface area contributed by atoms with Crippen molar-refractivity contribution in [3.8, 4) is 0 Å². The summed E-state index contributed by atoms with van der Waals surface area (Å²) in [6.07, 6.45) is 8.47. The van der Waals surface area contributed by atoms with Crippen LogP contribution in [0.5, 0.6) is 0 Å². The minimum Gasteiger partial charge on any atom is -0.469 e. The zero-order chi connectivity index (χ0) is 12.5. The van der Waals surface area contributed by atoms with Gasteiger partial charge in [0.2, 0.25) is 5.91 Å². The minimum absolute atomic E-state index is 0.132. The molecule has 1 saturated heterocycles. The van der Waals surface area contributed by atoms with E-state index in [1.807, 2.05) is 0 Å². The largest absolute Gasteiger partial charge is 0.469 e. The maximum atomic E-state index is 11.3. The molecule has 0 aromatic rings. The Kier molecular flexibility index (Phi) is 6.67. The Morgan fingerprint density at radius 1 is 1.35 bits per heavy atom. The van der Waals surface area contributed by atoms with E-state index in [1.54, 1.807) is 0 Å². The molecule has 1 aliphatic rings. The second-order valence-electron chi connectivity index (χ2n) is 4.69. The molecule has 4 heteroatoms. The Morgan fingerprint density at radius 3 is 2.94 bits per heavy atom. The van der Waals surface area contributed by atoms with E-state index >= 15 is 0 Å². The van der Waals surface area contributed by atoms with Crippen LogP contribution < -0.4 is 5.32 Å². The fraction of sp³-hybridized carbons (Fsp3) is 0.846. The lowest BCUT2D eigenvalue weighted by atomic mass is 10.0. The predicted octanol–water partition coefficient (Wildman–Crippen LogP) is 2.17. The Hall–Kier alpha value is -1.06. The normalized spacial score (nSPS) is 20.5. The molecule has 1 heterocycles. The zero-order valence-electron chi connectivity index (χ0n) is 10.7. The molecular weight excluding hydrogens is 218 g/mol. The van der Waals surface area contributed by atoms with Gasteiger partial charge in [0.15, 0.2) is 0 Å². The van der Waals surface area contributed by atoms with Gasteiger partial charge in [0.05, 0.1) is 7.11 Å². The van der Waals surface area contributed by atoms with E-state index in [1.165, 1.54) is 7.11 Å². The van der Waals surface area contributed by atoms with Crippen molar-refractivity contribution >= 4 is 11.9 Å². The fourth-order valence-electron chi connectivity index (χ4n) is 2.20. The first-order valence-corrected chi connectivity index (χ1v) is 6.58. The molecule has 0 aromatic heterocycles. The van der Waals surface area contributed by atoms with Gasteiger partial charge >= 0.3 is 5.97 Å². The lowest BCUT2D eigenvalue weighted by Crippen LogP contribution is -2.32. The van der Waals surface area contributed by atoms with Crippen molar-refractivity contribution in [3.05, 3.63) is 0 Å². The van der Waals surface area contributed by atoms with E-state index in [9.17, 15) is 9.59 Å². The van der Waals surface area contributed by atoms with Gasteiger partial charge in [-0.25, -0.2) is 0 Å².